The molecule has 0 aromatic heterocycles. The maximum Gasteiger partial charge on any atom is 0.308 e. The number of esters is 1. The van der Waals surface area contributed by atoms with Gasteiger partial charge in [-0.3, -0.25) is 4.79 Å². The Morgan fingerprint density at radius 2 is 1.76 bits per heavy atom. The van der Waals surface area contributed by atoms with Gasteiger partial charge in [0, 0.05) is 6.92 Å². The van der Waals surface area contributed by atoms with E-state index in [2.05, 4.69) is 20.8 Å². The number of rotatable bonds is 3. The van der Waals surface area contributed by atoms with Crippen LogP contribution in [0.4, 0.5) is 0 Å². The monoisotopic (exact) mass is 236 g/mol. The van der Waals surface area contributed by atoms with Crippen molar-refractivity contribution >= 4 is 5.97 Å². The molecule has 0 heterocycles. The van der Waals surface area contributed by atoms with Gasteiger partial charge in [-0.1, -0.05) is 45.7 Å². The first-order valence-corrected chi connectivity index (χ1v) is 6.33. The van der Waals surface area contributed by atoms with Crippen LogP contribution in [-0.4, -0.2) is 5.97 Å². The van der Waals surface area contributed by atoms with Gasteiger partial charge in [0.05, 0.1) is 0 Å². The Morgan fingerprint density at radius 1 is 1.18 bits per heavy atom. The first-order chi connectivity index (χ1) is 8.04. The molecule has 0 radical (unpaired) electrons. The predicted octanol–water partition coefficient (Wildman–Crippen LogP) is 4.29. The fourth-order valence-corrected chi connectivity index (χ4v) is 1.20. The number of unbranched alkanes of at least 4 members (excludes halogenated alkanes) is 1. The summed E-state index contributed by atoms with van der Waals surface area (Å²) in [5.74, 6) is 0.386. The minimum atomic E-state index is -0.271. The van der Waals surface area contributed by atoms with Crippen molar-refractivity contribution in [3.8, 4) is 5.75 Å². The topological polar surface area (TPSA) is 26.3 Å². The maximum atomic E-state index is 10.7. The molecule has 0 aliphatic rings. The average molecular weight is 236 g/mol. The van der Waals surface area contributed by atoms with Gasteiger partial charge >= 0.3 is 5.97 Å². The number of benzene rings is 1. The lowest BCUT2D eigenvalue weighted by Crippen LogP contribution is -2.02. The molecule has 0 unspecified atom stereocenters. The zero-order valence-corrected chi connectivity index (χ0v) is 11.7. The number of hydrogen-bond donors (Lipinski definition) is 0. The maximum absolute atomic E-state index is 10.7. The van der Waals surface area contributed by atoms with Crippen LogP contribution in [0.25, 0.3) is 0 Å². The molecule has 1 rings (SSSR count). The van der Waals surface area contributed by atoms with Gasteiger partial charge in [0.25, 0.3) is 0 Å². The Balaban J connectivity index is 0.000000557. The van der Waals surface area contributed by atoms with Crippen molar-refractivity contribution in [2.45, 2.75) is 53.9 Å². The summed E-state index contributed by atoms with van der Waals surface area (Å²) in [6.07, 6.45) is 3.64. The number of ether oxygens (including phenoxy) is 1. The minimum Gasteiger partial charge on any atom is -0.426 e. The zero-order valence-electron chi connectivity index (χ0n) is 11.7. The van der Waals surface area contributed by atoms with Crippen molar-refractivity contribution in [2.75, 3.05) is 0 Å². The van der Waals surface area contributed by atoms with Gasteiger partial charge in [0.2, 0.25) is 0 Å². The van der Waals surface area contributed by atoms with Crippen molar-refractivity contribution < 1.29 is 9.53 Å². The fraction of sp³-hybridized carbons (Fsp3) is 0.533. The second kappa shape index (κ2) is 8.80. The van der Waals surface area contributed by atoms with E-state index in [4.69, 9.17) is 4.74 Å². The number of carbonyl (C=O) groups excluding carboxylic acids is 1. The van der Waals surface area contributed by atoms with Crippen molar-refractivity contribution in [2.24, 2.45) is 0 Å². The summed E-state index contributed by atoms with van der Waals surface area (Å²) in [5, 5.41) is 0. The first-order valence-electron chi connectivity index (χ1n) is 6.33. The Bertz CT molecular complexity index is 341. The molecule has 96 valence electrons. The number of carbonyl (C=O) groups is 1. The van der Waals surface area contributed by atoms with Crippen molar-refractivity contribution in [3.05, 3.63) is 29.3 Å². The smallest absolute Gasteiger partial charge is 0.308 e. The predicted molar refractivity (Wildman–Crippen MR) is 72.4 cm³/mol. The van der Waals surface area contributed by atoms with Crippen LogP contribution in [-0.2, 0) is 11.2 Å². The van der Waals surface area contributed by atoms with Gasteiger partial charge in [0.1, 0.15) is 5.75 Å². The van der Waals surface area contributed by atoms with Crippen molar-refractivity contribution in [1.82, 2.24) is 0 Å². The lowest BCUT2D eigenvalue weighted by Gasteiger charge is -2.06. The number of hydrogen-bond acceptors (Lipinski definition) is 2. The highest BCUT2D eigenvalue weighted by atomic mass is 16.5. The van der Waals surface area contributed by atoms with Crippen LogP contribution >= 0.6 is 0 Å². The Kier molecular flexibility index (Phi) is 8.12. The van der Waals surface area contributed by atoms with E-state index in [9.17, 15) is 4.79 Å². The molecule has 0 amide bonds. The number of aryl methyl sites for hydroxylation is 2. The first kappa shape index (κ1) is 15.7. The average Bonchev–Trinajstić information content (AvgIpc) is 2.31. The van der Waals surface area contributed by atoms with E-state index in [1.165, 1.54) is 25.3 Å². The van der Waals surface area contributed by atoms with Gasteiger partial charge in [-0.25, -0.2) is 0 Å². The van der Waals surface area contributed by atoms with E-state index in [0.29, 0.717) is 5.75 Å². The standard InChI is InChI=1S/C11H14O2.C4H10/c1-4-10-5-6-11(8(2)7-10)13-9(3)12;1-3-4-2/h5-7H,4H2,1-3H3;3-4H2,1-2H3. The molecule has 1 aromatic rings. The molecule has 0 saturated carbocycles. The molecule has 0 aliphatic heterocycles. The van der Waals surface area contributed by atoms with E-state index in [-0.39, 0.29) is 5.97 Å². The van der Waals surface area contributed by atoms with Gasteiger partial charge in [-0.2, -0.15) is 0 Å². The summed E-state index contributed by atoms with van der Waals surface area (Å²) in [4.78, 5) is 10.7. The molecule has 0 bridgehead atoms. The summed E-state index contributed by atoms with van der Waals surface area (Å²) < 4.78 is 5.01. The molecular formula is C15H24O2. The van der Waals surface area contributed by atoms with Crippen molar-refractivity contribution in [3.63, 3.8) is 0 Å². The van der Waals surface area contributed by atoms with Gasteiger partial charge < -0.3 is 4.74 Å². The summed E-state index contributed by atoms with van der Waals surface area (Å²) in [6.45, 7) is 9.81. The summed E-state index contributed by atoms with van der Waals surface area (Å²) >= 11 is 0. The van der Waals surface area contributed by atoms with Crippen LogP contribution in [0.2, 0.25) is 0 Å². The second-order valence-corrected chi connectivity index (χ2v) is 4.05. The highest BCUT2D eigenvalue weighted by Gasteiger charge is 2.02. The largest absolute Gasteiger partial charge is 0.426 e. The molecule has 0 aliphatic carbocycles. The van der Waals surface area contributed by atoms with Gasteiger partial charge in [0.15, 0.2) is 0 Å². The summed E-state index contributed by atoms with van der Waals surface area (Å²) in [6, 6.07) is 5.86. The molecule has 2 nitrogen and oxygen atoms in total. The lowest BCUT2D eigenvalue weighted by atomic mass is 10.1. The molecule has 2 heteroatoms. The van der Waals surface area contributed by atoms with Crippen LogP contribution in [0.15, 0.2) is 18.2 Å². The third kappa shape index (κ3) is 6.77. The van der Waals surface area contributed by atoms with Crippen LogP contribution in [0.3, 0.4) is 0 Å². The normalized spacial score (nSPS) is 9.24. The van der Waals surface area contributed by atoms with E-state index in [1.807, 2.05) is 25.1 Å². The molecule has 17 heavy (non-hydrogen) atoms. The Hall–Kier alpha value is -1.31. The van der Waals surface area contributed by atoms with Crippen LogP contribution in [0.1, 0.15) is 51.7 Å². The van der Waals surface area contributed by atoms with Crippen LogP contribution in [0, 0.1) is 6.92 Å². The summed E-state index contributed by atoms with van der Waals surface area (Å²) in [7, 11) is 0. The van der Waals surface area contributed by atoms with Gasteiger partial charge in [-0.05, 0) is 30.5 Å². The third-order valence-electron chi connectivity index (χ3n) is 2.40. The molecule has 1 aromatic carbocycles. The molecule has 0 saturated heterocycles. The third-order valence-corrected chi connectivity index (χ3v) is 2.40. The molecule has 0 atom stereocenters. The van der Waals surface area contributed by atoms with Crippen LogP contribution in [0.5, 0.6) is 5.75 Å². The summed E-state index contributed by atoms with van der Waals surface area (Å²) in [5.41, 5.74) is 2.27. The highest BCUT2D eigenvalue weighted by Crippen LogP contribution is 2.19. The van der Waals surface area contributed by atoms with Crippen LogP contribution < -0.4 is 4.74 Å². The minimum absolute atomic E-state index is 0.271. The van der Waals surface area contributed by atoms with E-state index < -0.39 is 0 Å². The van der Waals surface area contributed by atoms with Gasteiger partial charge in [-0.15, -0.1) is 0 Å². The highest BCUT2D eigenvalue weighted by molar-refractivity contribution is 5.69. The molecule has 0 spiro atoms. The zero-order chi connectivity index (χ0) is 13.3. The van der Waals surface area contributed by atoms with E-state index >= 15 is 0 Å². The van der Waals surface area contributed by atoms with E-state index in [1.54, 1.807) is 0 Å². The van der Waals surface area contributed by atoms with E-state index in [0.717, 1.165) is 12.0 Å². The Labute approximate surface area is 105 Å². The van der Waals surface area contributed by atoms with Crippen molar-refractivity contribution in [1.29, 1.82) is 0 Å². The quantitative estimate of drug-likeness (QED) is 0.578. The molecule has 0 N–H and O–H groups in total. The molecule has 0 fully saturated rings. The lowest BCUT2D eigenvalue weighted by molar-refractivity contribution is -0.131. The Morgan fingerprint density at radius 3 is 2.12 bits per heavy atom. The second-order valence-electron chi connectivity index (χ2n) is 4.05. The fourth-order valence-electron chi connectivity index (χ4n) is 1.20. The SMILES string of the molecule is CCCC.CCc1ccc(OC(C)=O)c(C)c1. The molecular weight excluding hydrogens is 212 g/mol.